The molecule has 0 aromatic heterocycles. The summed E-state index contributed by atoms with van der Waals surface area (Å²) in [5.41, 5.74) is 0. The molecule has 0 fully saturated rings. The highest BCUT2D eigenvalue weighted by atomic mass is 33.5. The second kappa shape index (κ2) is 5.94. The first kappa shape index (κ1) is 13.7. The van der Waals surface area contributed by atoms with Crippen LogP contribution in [0.4, 0.5) is 0 Å². The largest absolute Gasteiger partial charge is 0.126 e. The minimum Gasteiger partial charge on any atom is -0.126 e. The molecule has 0 atom stereocenters. The predicted molar refractivity (Wildman–Crippen MR) is 90.7 cm³/mol. The molecule has 0 amide bonds. The molecule has 0 aliphatic rings. The van der Waals surface area contributed by atoms with Crippen LogP contribution in [0, 0.1) is 0 Å². The lowest BCUT2D eigenvalue weighted by Gasteiger charge is -2.17. The number of thiol groups is 3. The summed E-state index contributed by atoms with van der Waals surface area (Å²) in [6, 6.07) is 20.7. The van der Waals surface area contributed by atoms with Crippen LogP contribution in [-0.2, 0) is 10.1 Å². The van der Waals surface area contributed by atoms with E-state index in [-0.39, 0.29) is 10.1 Å². The normalized spacial score (nSPS) is 11.8. The van der Waals surface area contributed by atoms with Gasteiger partial charge in [-0.3, -0.25) is 0 Å². The summed E-state index contributed by atoms with van der Waals surface area (Å²) in [5, 5.41) is 0. The zero-order valence-corrected chi connectivity index (χ0v) is 13.4. The highest BCUT2D eigenvalue weighted by Gasteiger charge is 2.12. The van der Waals surface area contributed by atoms with Crippen molar-refractivity contribution in [2.75, 3.05) is 0 Å². The molecular formula is C12H13PS4. The SMILES string of the molecule is SP(S)(S)=S(c1ccccc1)c1ccccc1. The third-order valence-corrected chi connectivity index (χ3v) is 11.2. The van der Waals surface area contributed by atoms with E-state index in [0.29, 0.717) is 0 Å². The van der Waals surface area contributed by atoms with Crippen LogP contribution in [-0.4, -0.2) is 0 Å². The van der Waals surface area contributed by atoms with Gasteiger partial charge in [0.15, 0.2) is 0 Å². The van der Waals surface area contributed by atoms with Crippen LogP contribution in [0.15, 0.2) is 70.5 Å². The Labute approximate surface area is 120 Å². The van der Waals surface area contributed by atoms with Crippen molar-refractivity contribution in [3.8, 4) is 0 Å². The van der Waals surface area contributed by atoms with Gasteiger partial charge in [-0.2, -0.15) is 0 Å². The van der Waals surface area contributed by atoms with Crippen molar-refractivity contribution in [1.82, 2.24) is 0 Å². The first-order valence-corrected chi connectivity index (χ1v) is 12.1. The molecule has 0 heterocycles. The molecule has 0 N–H and O–H groups in total. The minimum atomic E-state index is -1.86. The van der Waals surface area contributed by atoms with Crippen molar-refractivity contribution in [1.29, 1.82) is 0 Å². The summed E-state index contributed by atoms with van der Waals surface area (Å²) in [6.45, 7) is 0. The number of rotatable bonds is 2. The van der Waals surface area contributed by atoms with Gasteiger partial charge in [0.1, 0.15) is 0 Å². The summed E-state index contributed by atoms with van der Waals surface area (Å²) in [5.74, 6) is 0. The molecule has 0 aliphatic carbocycles. The molecule has 0 radical (unpaired) electrons. The Kier molecular flexibility index (Phi) is 4.79. The van der Waals surface area contributed by atoms with E-state index in [1.54, 1.807) is 0 Å². The number of hydrogen-bond donors (Lipinski definition) is 3. The lowest BCUT2D eigenvalue weighted by Crippen LogP contribution is -1.90. The topological polar surface area (TPSA) is 0 Å². The molecule has 0 saturated carbocycles. The average molecular weight is 316 g/mol. The minimum absolute atomic E-state index is 0.165. The van der Waals surface area contributed by atoms with Gasteiger partial charge in [0.25, 0.3) is 0 Å². The van der Waals surface area contributed by atoms with Crippen LogP contribution in [0.2, 0.25) is 0 Å². The quantitative estimate of drug-likeness (QED) is 0.493. The monoisotopic (exact) mass is 316 g/mol. The van der Waals surface area contributed by atoms with E-state index in [1.165, 1.54) is 9.79 Å². The fourth-order valence-corrected chi connectivity index (χ4v) is 10.7. The Bertz CT molecular complexity index is 495. The molecule has 5 heteroatoms. The van der Waals surface area contributed by atoms with Gasteiger partial charge in [0.05, 0.1) is 3.64 Å². The number of hydrogen-bond acceptors (Lipinski definition) is 0. The van der Waals surface area contributed by atoms with Gasteiger partial charge in [-0.15, -0.1) is 46.8 Å². The van der Waals surface area contributed by atoms with E-state index in [1.807, 2.05) is 36.4 Å². The molecule has 0 saturated heterocycles. The Hall–Kier alpha value is 0.270. The van der Waals surface area contributed by atoms with Crippen LogP contribution in [0.1, 0.15) is 0 Å². The third kappa shape index (κ3) is 3.62. The zero-order chi connectivity index (χ0) is 12.3. The second-order valence-corrected chi connectivity index (χ2v) is 19.4. The first-order valence-electron chi connectivity index (χ1n) is 5.01. The standard InChI is InChI=1S/C12H13PS4/c14-13(15,16)17(11-7-3-1-4-8-11)12-9-5-2-6-10-12/h1-10,14-16H. The van der Waals surface area contributed by atoms with E-state index in [0.717, 1.165) is 0 Å². The van der Waals surface area contributed by atoms with Crippen molar-refractivity contribution in [3.63, 3.8) is 0 Å². The van der Waals surface area contributed by atoms with Crippen molar-refractivity contribution in [2.24, 2.45) is 0 Å². The third-order valence-electron chi connectivity index (χ3n) is 2.18. The molecule has 2 rings (SSSR count). The fraction of sp³-hybridized carbons (Fsp3) is 0. The summed E-state index contributed by atoms with van der Waals surface area (Å²) in [4.78, 5) is 2.49. The molecule has 0 aliphatic heterocycles. The van der Waals surface area contributed by atoms with Crippen molar-refractivity contribution in [2.45, 2.75) is 9.79 Å². The molecule has 0 unspecified atom stereocenters. The van der Waals surface area contributed by atoms with Gasteiger partial charge in [0.2, 0.25) is 0 Å². The number of benzene rings is 2. The maximum atomic E-state index is 4.62. The Balaban J connectivity index is 2.66. The van der Waals surface area contributed by atoms with Crippen LogP contribution in [0.25, 0.3) is 0 Å². The first-order chi connectivity index (χ1) is 8.09. The molecular weight excluding hydrogens is 303 g/mol. The molecule has 17 heavy (non-hydrogen) atoms. The average Bonchev–Trinajstić information content (AvgIpc) is 2.30. The molecule has 2 aromatic rings. The second-order valence-electron chi connectivity index (χ2n) is 3.42. The highest BCUT2D eigenvalue weighted by molar-refractivity contribution is 9.17. The summed E-state index contributed by atoms with van der Waals surface area (Å²) in [7, 11) is -0.165. The van der Waals surface area contributed by atoms with Crippen molar-refractivity contribution < 1.29 is 0 Å². The van der Waals surface area contributed by atoms with E-state index in [2.05, 4.69) is 61.0 Å². The maximum absolute atomic E-state index is 4.62. The van der Waals surface area contributed by atoms with Gasteiger partial charge in [-0.25, -0.2) is 0 Å². The summed E-state index contributed by atoms with van der Waals surface area (Å²) < 4.78 is -1.86. The predicted octanol–water partition coefficient (Wildman–Crippen LogP) is 5.19. The van der Waals surface area contributed by atoms with Crippen LogP contribution in [0.5, 0.6) is 0 Å². The summed E-state index contributed by atoms with van der Waals surface area (Å²) in [6.07, 6.45) is 0. The lowest BCUT2D eigenvalue weighted by molar-refractivity contribution is 1.40. The van der Waals surface area contributed by atoms with Gasteiger partial charge in [0, 0.05) is 9.79 Å². The lowest BCUT2D eigenvalue weighted by atomic mass is 10.4. The zero-order valence-electron chi connectivity index (χ0n) is 8.97. The smallest absolute Gasteiger partial charge is 0.0705 e. The van der Waals surface area contributed by atoms with Gasteiger partial charge in [-0.05, 0) is 24.3 Å². The fourth-order valence-electron chi connectivity index (χ4n) is 1.52. The molecule has 2 aromatic carbocycles. The van der Waals surface area contributed by atoms with Gasteiger partial charge in [-0.1, -0.05) is 36.4 Å². The molecule has 0 nitrogen and oxygen atoms in total. The van der Waals surface area contributed by atoms with Gasteiger partial charge < -0.3 is 0 Å². The molecule has 0 spiro atoms. The Morgan fingerprint density at radius 3 is 1.29 bits per heavy atom. The van der Waals surface area contributed by atoms with Crippen molar-refractivity contribution in [3.05, 3.63) is 60.7 Å². The van der Waals surface area contributed by atoms with Crippen molar-refractivity contribution >= 4 is 50.5 Å². The van der Waals surface area contributed by atoms with E-state index < -0.39 is 3.64 Å². The Morgan fingerprint density at radius 2 is 1.00 bits per heavy atom. The Morgan fingerprint density at radius 1 is 0.647 bits per heavy atom. The van der Waals surface area contributed by atoms with Crippen LogP contribution in [0.3, 0.4) is 0 Å². The van der Waals surface area contributed by atoms with E-state index >= 15 is 0 Å². The van der Waals surface area contributed by atoms with Gasteiger partial charge >= 0.3 is 0 Å². The molecule has 0 bridgehead atoms. The van der Waals surface area contributed by atoms with E-state index in [4.69, 9.17) is 0 Å². The van der Waals surface area contributed by atoms with E-state index in [9.17, 15) is 0 Å². The highest BCUT2D eigenvalue weighted by Crippen LogP contribution is 2.67. The molecule has 90 valence electrons. The van der Waals surface area contributed by atoms with Crippen LogP contribution < -0.4 is 0 Å². The van der Waals surface area contributed by atoms with Crippen LogP contribution >= 0.6 is 40.4 Å². The maximum Gasteiger partial charge on any atom is 0.0705 e. The summed E-state index contributed by atoms with van der Waals surface area (Å²) >= 11 is 13.9.